The van der Waals surface area contributed by atoms with Crippen LogP contribution in [0.2, 0.25) is 5.02 Å². The normalized spacial score (nSPS) is 24.4. The second-order valence-electron chi connectivity index (χ2n) is 9.46. The van der Waals surface area contributed by atoms with Gasteiger partial charge in [0.05, 0.1) is 35.1 Å². The SMILES string of the molecule is C#[N+][C@]12OC[C@@H](Oc3nc4nc(-c5cnc(-c6ccc(N=S(C)(C)=O)cc6)nc5)c(Cl)cc4[nH]3)[C@H]1OC[C@H]2O. The van der Waals surface area contributed by atoms with Crippen LogP contribution in [0.4, 0.5) is 5.69 Å². The topological polar surface area (TPSA) is 149 Å². The Bertz CT molecular complexity index is 1720. The number of fused-ring (bicyclic) bond motifs is 2. The van der Waals surface area contributed by atoms with Gasteiger partial charge in [0.1, 0.15) is 0 Å². The van der Waals surface area contributed by atoms with Gasteiger partial charge in [-0.3, -0.25) is 4.74 Å². The lowest BCUT2D eigenvalue weighted by molar-refractivity contribution is -0.0417. The molecule has 0 saturated carbocycles. The van der Waals surface area contributed by atoms with Crippen molar-refractivity contribution in [3.8, 4) is 35.2 Å². The first-order valence-corrected chi connectivity index (χ1v) is 14.5. The molecular weight excluding hydrogens is 546 g/mol. The van der Waals surface area contributed by atoms with Gasteiger partial charge >= 0.3 is 5.72 Å². The number of aromatic nitrogens is 5. The van der Waals surface area contributed by atoms with Crippen LogP contribution in [0.3, 0.4) is 0 Å². The van der Waals surface area contributed by atoms with Crippen LogP contribution in [0.1, 0.15) is 0 Å². The van der Waals surface area contributed by atoms with Crippen LogP contribution in [0.15, 0.2) is 47.1 Å². The molecule has 14 heteroatoms. The third-order valence-electron chi connectivity index (χ3n) is 6.38. The molecule has 2 saturated heterocycles. The van der Waals surface area contributed by atoms with E-state index in [1.54, 1.807) is 43.1 Å². The quantitative estimate of drug-likeness (QED) is 0.370. The van der Waals surface area contributed by atoms with Crippen molar-refractivity contribution in [1.29, 1.82) is 0 Å². The Labute approximate surface area is 228 Å². The van der Waals surface area contributed by atoms with E-state index in [4.69, 9.17) is 32.4 Å². The van der Waals surface area contributed by atoms with Crippen molar-refractivity contribution in [3.63, 3.8) is 0 Å². The molecule has 12 nitrogen and oxygen atoms in total. The molecule has 0 spiro atoms. The number of H-pyrrole nitrogens is 1. The van der Waals surface area contributed by atoms with Gasteiger partial charge in [0.15, 0.2) is 23.7 Å². The molecule has 0 radical (unpaired) electrons. The Hall–Kier alpha value is -3.67. The zero-order chi connectivity index (χ0) is 27.4. The predicted octanol–water partition coefficient (Wildman–Crippen LogP) is 3.29. The highest BCUT2D eigenvalue weighted by Crippen LogP contribution is 2.40. The van der Waals surface area contributed by atoms with E-state index in [-0.39, 0.29) is 19.2 Å². The Morgan fingerprint density at radius 2 is 1.95 bits per heavy atom. The van der Waals surface area contributed by atoms with Crippen molar-refractivity contribution in [2.75, 3.05) is 25.7 Å². The fourth-order valence-electron chi connectivity index (χ4n) is 4.59. The zero-order valence-corrected chi connectivity index (χ0v) is 22.4. The van der Waals surface area contributed by atoms with Crippen molar-refractivity contribution in [2.24, 2.45) is 4.36 Å². The number of hydrogen-bond donors (Lipinski definition) is 2. The van der Waals surface area contributed by atoms with Crippen LogP contribution in [-0.2, 0) is 19.2 Å². The van der Waals surface area contributed by atoms with Gasteiger partial charge in [-0.1, -0.05) is 11.6 Å². The smallest absolute Gasteiger partial charge is 0.442 e. The number of aliphatic hydroxyl groups excluding tert-OH is 1. The van der Waals surface area contributed by atoms with Gasteiger partial charge in [0, 0.05) is 45.8 Å². The Morgan fingerprint density at radius 1 is 1.21 bits per heavy atom. The monoisotopic (exact) mass is 568 g/mol. The number of benzene rings is 1. The van der Waals surface area contributed by atoms with Crippen LogP contribution in [-0.4, -0.2) is 84.0 Å². The van der Waals surface area contributed by atoms with E-state index in [1.807, 2.05) is 12.1 Å². The van der Waals surface area contributed by atoms with Crippen LogP contribution in [0, 0.1) is 6.57 Å². The van der Waals surface area contributed by atoms with Gasteiger partial charge in [-0.25, -0.2) is 19.2 Å². The molecule has 0 aliphatic carbocycles. The molecule has 0 amide bonds. The van der Waals surface area contributed by atoms with Gasteiger partial charge in [-0.05, 0) is 35.2 Å². The summed E-state index contributed by atoms with van der Waals surface area (Å²) in [5.41, 5.74) is 2.04. The largest absolute Gasteiger partial charge is 0.456 e. The van der Waals surface area contributed by atoms with E-state index in [9.17, 15) is 9.32 Å². The molecular formula is C25H23ClN7O5S+. The van der Waals surface area contributed by atoms with Gasteiger partial charge in [0.2, 0.25) is 6.10 Å². The molecule has 4 atom stereocenters. The molecule has 6 rings (SSSR count). The lowest BCUT2D eigenvalue weighted by Crippen LogP contribution is -2.45. The minimum Gasteiger partial charge on any atom is -0.456 e. The number of aromatic amines is 1. The Kier molecular flexibility index (Phi) is 6.24. The number of hydrogen-bond acceptors (Lipinski definition) is 10. The number of rotatable bonds is 5. The second-order valence-corrected chi connectivity index (χ2v) is 12.4. The summed E-state index contributed by atoms with van der Waals surface area (Å²) in [7, 11) is -2.24. The third-order valence-corrected chi connectivity index (χ3v) is 7.32. The fraction of sp³-hybridized carbons (Fsp3) is 0.320. The number of nitrogens with zero attached hydrogens (tertiary/aromatic N) is 6. The number of pyridine rings is 1. The van der Waals surface area contributed by atoms with Gasteiger partial charge < -0.3 is 19.6 Å². The van der Waals surface area contributed by atoms with Crippen molar-refractivity contribution in [2.45, 2.75) is 24.0 Å². The number of nitrogens with one attached hydrogen (secondary N) is 1. The molecule has 2 aliphatic rings. The highest BCUT2D eigenvalue weighted by molar-refractivity contribution is 7.92. The van der Waals surface area contributed by atoms with E-state index in [0.29, 0.717) is 39.0 Å². The van der Waals surface area contributed by atoms with Gasteiger partial charge in [-0.15, -0.1) is 0 Å². The predicted molar refractivity (Wildman–Crippen MR) is 145 cm³/mol. The summed E-state index contributed by atoms with van der Waals surface area (Å²) in [4.78, 5) is 24.7. The van der Waals surface area contributed by atoms with Gasteiger partial charge in [0.25, 0.3) is 12.6 Å². The molecule has 2 aliphatic heterocycles. The van der Waals surface area contributed by atoms with E-state index in [1.165, 1.54) is 0 Å². The lowest BCUT2D eigenvalue weighted by Gasteiger charge is -2.15. The minimum atomic E-state index is -2.24. The molecule has 4 aromatic rings. The van der Waals surface area contributed by atoms with Crippen LogP contribution in [0.5, 0.6) is 6.01 Å². The van der Waals surface area contributed by atoms with E-state index >= 15 is 0 Å². The maximum absolute atomic E-state index is 11.9. The molecule has 5 heterocycles. The molecule has 2 N–H and O–H groups in total. The zero-order valence-electron chi connectivity index (χ0n) is 20.8. The lowest BCUT2D eigenvalue weighted by atomic mass is 10.0. The van der Waals surface area contributed by atoms with Crippen molar-refractivity contribution in [1.82, 2.24) is 24.9 Å². The van der Waals surface area contributed by atoms with Crippen LogP contribution < -0.4 is 4.74 Å². The summed E-state index contributed by atoms with van der Waals surface area (Å²) in [6, 6.07) is 9.05. The molecule has 1 aromatic carbocycles. The maximum Gasteiger partial charge on any atom is 0.442 e. The first-order chi connectivity index (χ1) is 18.6. The minimum absolute atomic E-state index is 0.0362. The second kappa shape index (κ2) is 9.51. The summed E-state index contributed by atoms with van der Waals surface area (Å²) in [5.74, 6) is 0.505. The average Bonchev–Trinajstić information content (AvgIpc) is 3.56. The van der Waals surface area contributed by atoms with Crippen molar-refractivity contribution >= 4 is 38.2 Å². The molecule has 0 bridgehead atoms. The third kappa shape index (κ3) is 4.70. The van der Waals surface area contributed by atoms with Crippen LogP contribution in [0.25, 0.3) is 38.7 Å². The summed E-state index contributed by atoms with van der Waals surface area (Å²) in [6.07, 6.45) is 4.16. The standard InChI is InChI=1S/C25H23ClN7O5S/c1-27-25-19(34)12-36-21(25)18(11-37-25)38-24-30-17-8-16(26)20(31-23(17)32-24)14-9-28-22(29-10-14)13-4-6-15(7-5-13)33-39(2,3)35/h1,4-10,18-19,21,34H,11-12H2,2-3H3,(H,30,31,32)/q+1/t18-,19-,21-,25-/m1/s1. The molecule has 2 fully saturated rings. The van der Waals surface area contributed by atoms with E-state index in [0.717, 1.165) is 5.56 Å². The van der Waals surface area contributed by atoms with Gasteiger partial charge in [-0.2, -0.15) is 9.35 Å². The number of halogens is 1. The molecule has 39 heavy (non-hydrogen) atoms. The first-order valence-electron chi connectivity index (χ1n) is 11.8. The van der Waals surface area contributed by atoms with E-state index < -0.39 is 33.8 Å². The number of ether oxygens (including phenoxy) is 3. The van der Waals surface area contributed by atoms with Crippen molar-refractivity contribution in [3.05, 3.63) is 52.6 Å². The highest BCUT2D eigenvalue weighted by Gasteiger charge is 2.70. The molecule has 0 unspecified atom stereocenters. The summed E-state index contributed by atoms with van der Waals surface area (Å²) in [6.45, 7) is 5.65. The summed E-state index contributed by atoms with van der Waals surface area (Å²) < 4.78 is 33.3. The van der Waals surface area contributed by atoms with Crippen LogP contribution >= 0.6 is 11.6 Å². The summed E-state index contributed by atoms with van der Waals surface area (Å²) >= 11 is 6.54. The molecule has 200 valence electrons. The van der Waals surface area contributed by atoms with Crippen molar-refractivity contribution < 1.29 is 23.5 Å². The first kappa shape index (κ1) is 25.6. The molecule has 3 aromatic heterocycles. The maximum atomic E-state index is 11.9. The number of imidazole rings is 1. The Morgan fingerprint density at radius 3 is 2.64 bits per heavy atom. The number of aliphatic hydroxyl groups is 1. The van der Waals surface area contributed by atoms with E-state index in [2.05, 4.69) is 34.1 Å². The average molecular weight is 569 g/mol. The Balaban J connectivity index is 1.22. The summed E-state index contributed by atoms with van der Waals surface area (Å²) in [5, 5.41) is 10.6. The highest BCUT2D eigenvalue weighted by atomic mass is 35.5. The fourth-order valence-corrected chi connectivity index (χ4v) is 5.48.